The van der Waals surface area contributed by atoms with Crippen molar-refractivity contribution in [2.75, 3.05) is 24.3 Å². The van der Waals surface area contributed by atoms with Crippen LogP contribution in [-0.2, 0) is 30.9 Å². The van der Waals surface area contributed by atoms with Gasteiger partial charge in [0.15, 0.2) is 0 Å². The molecule has 4 rings (SSSR count). The minimum atomic E-state index is -0.286. The first-order valence-corrected chi connectivity index (χ1v) is 11.0. The van der Waals surface area contributed by atoms with Gasteiger partial charge in [0.2, 0.25) is 0 Å². The molecule has 0 aromatic heterocycles. The first-order valence-electron chi connectivity index (χ1n) is 11.0. The number of hydrogen-bond acceptors (Lipinski definition) is 3. The molecule has 3 aromatic rings. The minimum Gasteiger partial charge on any atom is -0.380 e. The molecule has 3 aromatic carbocycles. The molecule has 3 N–H and O–H groups in total. The van der Waals surface area contributed by atoms with E-state index in [1.54, 1.807) is 12.0 Å². The van der Waals surface area contributed by atoms with Crippen molar-refractivity contribution in [3.05, 3.63) is 95.1 Å². The van der Waals surface area contributed by atoms with Crippen LogP contribution >= 0.6 is 0 Å². The molecule has 0 fully saturated rings. The number of fused-ring (bicyclic) bond motifs is 1. The lowest BCUT2D eigenvalue weighted by Gasteiger charge is -2.30. The molecule has 0 radical (unpaired) electrons. The largest absolute Gasteiger partial charge is 0.380 e. The predicted octanol–water partition coefficient (Wildman–Crippen LogP) is 4.74. The number of nitrogens with one attached hydrogen (secondary N) is 3. The second-order valence-electron chi connectivity index (χ2n) is 7.97. The van der Waals surface area contributed by atoms with Gasteiger partial charge in [-0.05, 0) is 46.9 Å². The monoisotopic (exact) mass is 444 g/mol. The molecule has 4 amide bonds. The number of carbonyl (C=O) groups is 2. The van der Waals surface area contributed by atoms with E-state index in [0.29, 0.717) is 32.7 Å². The van der Waals surface area contributed by atoms with E-state index in [1.165, 1.54) is 0 Å². The van der Waals surface area contributed by atoms with Gasteiger partial charge in [0, 0.05) is 38.1 Å². The Morgan fingerprint density at radius 3 is 2.42 bits per heavy atom. The van der Waals surface area contributed by atoms with Crippen molar-refractivity contribution in [1.82, 2.24) is 10.2 Å². The quantitative estimate of drug-likeness (QED) is 0.513. The van der Waals surface area contributed by atoms with E-state index in [2.05, 4.69) is 16.0 Å². The number of ether oxygens (including phenoxy) is 1. The Morgan fingerprint density at radius 1 is 0.909 bits per heavy atom. The van der Waals surface area contributed by atoms with E-state index < -0.39 is 0 Å². The zero-order valence-electron chi connectivity index (χ0n) is 18.6. The summed E-state index contributed by atoms with van der Waals surface area (Å²) in [5.74, 6) is 0. The highest BCUT2D eigenvalue weighted by atomic mass is 16.5. The summed E-state index contributed by atoms with van der Waals surface area (Å²) in [4.78, 5) is 26.9. The summed E-state index contributed by atoms with van der Waals surface area (Å²) in [7, 11) is 1.67. The number of amides is 4. The highest BCUT2D eigenvalue weighted by Gasteiger charge is 2.23. The van der Waals surface area contributed by atoms with Crippen LogP contribution in [0.25, 0.3) is 0 Å². The van der Waals surface area contributed by atoms with E-state index in [1.807, 2.05) is 72.8 Å². The van der Waals surface area contributed by atoms with Gasteiger partial charge in [-0.1, -0.05) is 54.6 Å². The Kier molecular flexibility index (Phi) is 7.22. The molecule has 0 spiro atoms. The molecule has 1 aliphatic heterocycles. The topological polar surface area (TPSA) is 82.7 Å². The SMILES string of the molecule is COCc1ccc(CNC(=O)N2CCc3c(cccc3NC(=O)Nc3ccccc3)C2)cc1. The summed E-state index contributed by atoms with van der Waals surface area (Å²) in [5.41, 5.74) is 5.75. The fraction of sp³-hybridized carbons (Fsp3) is 0.231. The molecule has 0 saturated heterocycles. The molecular weight excluding hydrogens is 416 g/mol. The van der Waals surface area contributed by atoms with Crippen molar-refractivity contribution < 1.29 is 14.3 Å². The number of methoxy groups -OCH3 is 1. The summed E-state index contributed by atoms with van der Waals surface area (Å²) in [6.07, 6.45) is 0.677. The third-order valence-electron chi connectivity index (χ3n) is 5.61. The van der Waals surface area contributed by atoms with E-state index in [-0.39, 0.29) is 12.1 Å². The van der Waals surface area contributed by atoms with Crippen molar-refractivity contribution in [1.29, 1.82) is 0 Å². The number of rotatable bonds is 6. The van der Waals surface area contributed by atoms with Gasteiger partial charge >= 0.3 is 12.1 Å². The maximum atomic E-state index is 12.7. The molecule has 0 saturated carbocycles. The standard InChI is InChI=1S/C26H28N4O3/c1-33-18-20-12-10-19(11-13-20)16-27-26(32)30-15-14-23-21(17-30)6-5-9-24(23)29-25(31)28-22-7-3-2-4-8-22/h2-13H,14-18H2,1H3,(H,27,32)(H2,28,29,31). The second kappa shape index (κ2) is 10.7. The molecule has 0 aliphatic carbocycles. The summed E-state index contributed by atoms with van der Waals surface area (Å²) in [5, 5.41) is 8.78. The van der Waals surface area contributed by atoms with Crippen LogP contribution in [0.2, 0.25) is 0 Å². The van der Waals surface area contributed by atoms with Gasteiger partial charge in [-0.2, -0.15) is 0 Å². The molecule has 33 heavy (non-hydrogen) atoms. The zero-order valence-corrected chi connectivity index (χ0v) is 18.6. The van der Waals surface area contributed by atoms with Gasteiger partial charge in [-0.25, -0.2) is 9.59 Å². The molecule has 0 atom stereocenters. The number of nitrogens with zero attached hydrogens (tertiary/aromatic N) is 1. The van der Waals surface area contributed by atoms with Gasteiger partial charge in [-0.15, -0.1) is 0 Å². The molecule has 7 nitrogen and oxygen atoms in total. The lowest BCUT2D eigenvalue weighted by atomic mass is 9.98. The Bertz CT molecular complexity index is 1100. The Hall–Kier alpha value is -3.84. The van der Waals surface area contributed by atoms with Crippen molar-refractivity contribution in [2.24, 2.45) is 0 Å². The minimum absolute atomic E-state index is 0.0956. The second-order valence-corrected chi connectivity index (χ2v) is 7.97. The van der Waals surface area contributed by atoms with Gasteiger partial charge < -0.3 is 25.6 Å². The van der Waals surface area contributed by atoms with Crippen LogP contribution in [0.3, 0.4) is 0 Å². The molecule has 0 unspecified atom stereocenters. The van der Waals surface area contributed by atoms with Crippen molar-refractivity contribution >= 4 is 23.4 Å². The average Bonchev–Trinajstić information content (AvgIpc) is 2.84. The first-order chi connectivity index (χ1) is 16.1. The normalized spacial score (nSPS) is 12.6. The Morgan fingerprint density at radius 2 is 1.67 bits per heavy atom. The summed E-state index contributed by atoms with van der Waals surface area (Å²) in [6, 6.07) is 22.7. The predicted molar refractivity (Wildman–Crippen MR) is 129 cm³/mol. The van der Waals surface area contributed by atoms with E-state index in [9.17, 15) is 9.59 Å². The Balaban J connectivity index is 1.33. The first kappa shape index (κ1) is 22.4. The molecule has 170 valence electrons. The van der Waals surface area contributed by atoms with E-state index >= 15 is 0 Å². The van der Waals surface area contributed by atoms with Gasteiger partial charge in [0.05, 0.1) is 6.61 Å². The van der Waals surface area contributed by atoms with Crippen molar-refractivity contribution in [2.45, 2.75) is 26.1 Å². The van der Waals surface area contributed by atoms with Crippen LogP contribution in [0.1, 0.15) is 22.3 Å². The number of anilines is 2. The maximum Gasteiger partial charge on any atom is 0.323 e. The lowest BCUT2D eigenvalue weighted by Crippen LogP contribution is -2.42. The summed E-state index contributed by atoms with van der Waals surface area (Å²) >= 11 is 0. The highest BCUT2D eigenvalue weighted by molar-refractivity contribution is 6.00. The van der Waals surface area contributed by atoms with E-state index in [4.69, 9.17) is 4.74 Å². The molecule has 0 bridgehead atoms. The third-order valence-corrected chi connectivity index (χ3v) is 5.61. The maximum absolute atomic E-state index is 12.7. The molecule has 7 heteroatoms. The fourth-order valence-corrected chi connectivity index (χ4v) is 3.92. The van der Waals surface area contributed by atoms with Crippen LogP contribution in [0.5, 0.6) is 0 Å². The summed E-state index contributed by atoms with van der Waals surface area (Å²) < 4.78 is 5.13. The highest BCUT2D eigenvalue weighted by Crippen LogP contribution is 2.26. The Labute approximate surface area is 193 Å². The third kappa shape index (κ3) is 5.90. The lowest BCUT2D eigenvalue weighted by molar-refractivity contribution is 0.185. The van der Waals surface area contributed by atoms with E-state index in [0.717, 1.165) is 33.6 Å². The van der Waals surface area contributed by atoms with Crippen molar-refractivity contribution in [3.63, 3.8) is 0 Å². The van der Waals surface area contributed by atoms with Crippen LogP contribution in [0, 0.1) is 0 Å². The van der Waals surface area contributed by atoms with Gasteiger partial charge in [-0.3, -0.25) is 0 Å². The molecule has 1 heterocycles. The van der Waals surface area contributed by atoms with Crippen LogP contribution < -0.4 is 16.0 Å². The van der Waals surface area contributed by atoms with Crippen LogP contribution in [0.15, 0.2) is 72.8 Å². The summed E-state index contributed by atoms with van der Waals surface area (Å²) in [6.45, 7) is 2.13. The van der Waals surface area contributed by atoms with Gasteiger partial charge in [0.1, 0.15) is 0 Å². The number of carbonyl (C=O) groups excluding carboxylic acids is 2. The van der Waals surface area contributed by atoms with Crippen molar-refractivity contribution in [3.8, 4) is 0 Å². The zero-order chi connectivity index (χ0) is 23.0. The average molecular weight is 445 g/mol. The van der Waals surface area contributed by atoms with Crippen LogP contribution in [-0.4, -0.2) is 30.6 Å². The number of para-hydroxylation sites is 1. The smallest absolute Gasteiger partial charge is 0.323 e. The van der Waals surface area contributed by atoms with Crippen LogP contribution in [0.4, 0.5) is 21.0 Å². The number of urea groups is 2. The molecule has 1 aliphatic rings. The fourth-order valence-electron chi connectivity index (χ4n) is 3.92. The number of hydrogen-bond donors (Lipinski definition) is 3. The number of benzene rings is 3. The van der Waals surface area contributed by atoms with Gasteiger partial charge in [0.25, 0.3) is 0 Å². The molecular formula is C26H28N4O3.